The zero-order valence-corrected chi connectivity index (χ0v) is 10.5. The van der Waals surface area contributed by atoms with E-state index >= 15 is 0 Å². The van der Waals surface area contributed by atoms with Gasteiger partial charge in [0.1, 0.15) is 6.10 Å². The fourth-order valence-electron chi connectivity index (χ4n) is 1.95. The summed E-state index contributed by atoms with van der Waals surface area (Å²) in [6.07, 6.45) is -0.652. The number of amides is 2. The van der Waals surface area contributed by atoms with Crippen LogP contribution in [0.3, 0.4) is 0 Å². The van der Waals surface area contributed by atoms with Gasteiger partial charge in [-0.25, -0.2) is 4.79 Å². The van der Waals surface area contributed by atoms with Gasteiger partial charge in [-0.05, 0) is 18.6 Å². The number of hydrogen-bond acceptors (Lipinski definition) is 3. The van der Waals surface area contributed by atoms with Gasteiger partial charge < -0.3 is 10.1 Å². The summed E-state index contributed by atoms with van der Waals surface area (Å²) in [5.74, 6) is -0.125. The summed E-state index contributed by atoms with van der Waals surface area (Å²) in [5.41, 5.74) is 1.88. The number of carbonyl (C=O) groups is 2. The highest BCUT2D eigenvalue weighted by molar-refractivity contribution is 5.90. The molecule has 2 rings (SSSR count). The third kappa shape index (κ3) is 2.61. The first kappa shape index (κ1) is 12.4. The number of ether oxygens (including phenoxy) is 1. The van der Waals surface area contributed by atoms with Crippen molar-refractivity contribution in [2.24, 2.45) is 0 Å². The van der Waals surface area contributed by atoms with Gasteiger partial charge in [0.25, 0.3) is 0 Å². The van der Waals surface area contributed by atoms with Crippen LogP contribution in [0.15, 0.2) is 24.3 Å². The summed E-state index contributed by atoms with van der Waals surface area (Å²) in [4.78, 5) is 24.2. The first-order valence-electron chi connectivity index (χ1n) is 5.86. The number of cyclic esters (lactones) is 1. The molecule has 0 radical (unpaired) electrons. The monoisotopic (exact) mass is 248 g/mol. The minimum atomic E-state index is -0.361. The van der Waals surface area contributed by atoms with Crippen LogP contribution in [0.25, 0.3) is 0 Å². The van der Waals surface area contributed by atoms with Crippen LogP contribution in [0, 0.1) is 6.92 Å². The molecular formula is C13H16N2O3. The molecule has 0 saturated carbocycles. The van der Waals surface area contributed by atoms with Crippen LogP contribution in [0.2, 0.25) is 0 Å². The van der Waals surface area contributed by atoms with Crippen LogP contribution < -0.4 is 10.2 Å². The van der Waals surface area contributed by atoms with E-state index in [0.717, 1.165) is 11.3 Å². The Bertz CT molecular complexity index is 473. The van der Waals surface area contributed by atoms with Gasteiger partial charge in [0, 0.05) is 6.92 Å². The smallest absolute Gasteiger partial charge is 0.414 e. The van der Waals surface area contributed by atoms with Crippen LogP contribution in [0.1, 0.15) is 12.5 Å². The summed E-state index contributed by atoms with van der Waals surface area (Å²) in [6, 6.07) is 7.65. The Hall–Kier alpha value is -2.04. The molecule has 0 spiro atoms. The Kier molecular flexibility index (Phi) is 3.50. The number of nitrogens with zero attached hydrogens (tertiary/aromatic N) is 1. The molecule has 2 amide bonds. The summed E-state index contributed by atoms with van der Waals surface area (Å²) in [7, 11) is 0. The van der Waals surface area contributed by atoms with Gasteiger partial charge in [-0.2, -0.15) is 0 Å². The number of benzene rings is 1. The largest absolute Gasteiger partial charge is 0.442 e. The Morgan fingerprint density at radius 2 is 2.22 bits per heavy atom. The van der Waals surface area contributed by atoms with E-state index in [1.54, 1.807) is 4.90 Å². The van der Waals surface area contributed by atoms with Gasteiger partial charge >= 0.3 is 6.09 Å². The lowest BCUT2D eigenvalue weighted by molar-refractivity contribution is -0.119. The molecule has 1 fully saturated rings. The Morgan fingerprint density at radius 1 is 1.50 bits per heavy atom. The summed E-state index contributed by atoms with van der Waals surface area (Å²) >= 11 is 0. The molecule has 18 heavy (non-hydrogen) atoms. The van der Waals surface area contributed by atoms with Crippen molar-refractivity contribution in [1.29, 1.82) is 0 Å². The summed E-state index contributed by atoms with van der Waals surface area (Å²) in [5, 5.41) is 2.65. The fourth-order valence-corrected chi connectivity index (χ4v) is 1.95. The average molecular weight is 248 g/mol. The van der Waals surface area contributed by atoms with Crippen molar-refractivity contribution in [3.05, 3.63) is 29.8 Å². The number of hydrogen-bond donors (Lipinski definition) is 1. The van der Waals surface area contributed by atoms with E-state index in [1.807, 2.05) is 31.2 Å². The molecule has 1 heterocycles. The van der Waals surface area contributed by atoms with E-state index in [9.17, 15) is 9.59 Å². The highest BCUT2D eigenvalue weighted by atomic mass is 16.6. The quantitative estimate of drug-likeness (QED) is 0.881. The minimum absolute atomic E-state index is 0.125. The molecule has 1 unspecified atom stereocenters. The van der Waals surface area contributed by atoms with Gasteiger partial charge in [0.05, 0.1) is 18.8 Å². The Labute approximate surface area is 106 Å². The number of nitrogens with one attached hydrogen (secondary N) is 1. The fraction of sp³-hybridized carbons (Fsp3) is 0.385. The Balaban J connectivity index is 2.06. The molecule has 0 aromatic heterocycles. The van der Waals surface area contributed by atoms with Crippen molar-refractivity contribution in [2.45, 2.75) is 20.0 Å². The van der Waals surface area contributed by atoms with Crippen molar-refractivity contribution in [3.8, 4) is 0 Å². The zero-order chi connectivity index (χ0) is 13.1. The highest BCUT2D eigenvalue weighted by Gasteiger charge is 2.32. The lowest BCUT2D eigenvalue weighted by Gasteiger charge is -2.15. The third-order valence-electron chi connectivity index (χ3n) is 2.86. The topological polar surface area (TPSA) is 58.6 Å². The van der Waals surface area contributed by atoms with E-state index < -0.39 is 0 Å². The van der Waals surface area contributed by atoms with E-state index in [4.69, 9.17) is 4.74 Å². The van der Waals surface area contributed by atoms with Crippen molar-refractivity contribution in [3.63, 3.8) is 0 Å². The molecule has 0 bridgehead atoms. The number of para-hydroxylation sites is 1. The number of carbonyl (C=O) groups excluding carboxylic acids is 2. The van der Waals surface area contributed by atoms with Crippen LogP contribution in [-0.4, -0.2) is 31.2 Å². The number of aryl methyl sites for hydroxylation is 1. The number of anilines is 1. The van der Waals surface area contributed by atoms with Gasteiger partial charge in [-0.1, -0.05) is 18.2 Å². The predicted molar refractivity (Wildman–Crippen MR) is 67.5 cm³/mol. The van der Waals surface area contributed by atoms with Gasteiger partial charge in [-0.3, -0.25) is 9.69 Å². The van der Waals surface area contributed by atoms with Gasteiger partial charge in [-0.15, -0.1) is 0 Å². The molecule has 5 heteroatoms. The van der Waals surface area contributed by atoms with Gasteiger partial charge in [0.15, 0.2) is 0 Å². The first-order chi connectivity index (χ1) is 8.58. The second-order valence-corrected chi connectivity index (χ2v) is 4.34. The predicted octanol–water partition coefficient (Wildman–Crippen LogP) is 1.46. The average Bonchev–Trinajstić information content (AvgIpc) is 2.69. The normalized spacial score (nSPS) is 18.7. The zero-order valence-electron chi connectivity index (χ0n) is 10.5. The minimum Gasteiger partial charge on any atom is -0.442 e. The lowest BCUT2D eigenvalue weighted by Crippen LogP contribution is -2.33. The van der Waals surface area contributed by atoms with E-state index in [2.05, 4.69) is 5.32 Å². The summed E-state index contributed by atoms with van der Waals surface area (Å²) < 4.78 is 5.21. The van der Waals surface area contributed by atoms with E-state index in [-0.39, 0.29) is 18.1 Å². The molecule has 0 aliphatic carbocycles. The highest BCUT2D eigenvalue weighted by Crippen LogP contribution is 2.24. The first-order valence-corrected chi connectivity index (χ1v) is 5.86. The van der Waals surface area contributed by atoms with Gasteiger partial charge in [0.2, 0.25) is 5.91 Å². The van der Waals surface area contributed by atoms with Crippen molar-refractivity contribution in [1.82, 2.24) is 5.32 Å². The van der Waals surface area contributed by atoms with Crippen LogP contribution in [-0.2, 0) is 9.53 Å². The second-order valence-electron chi connectivity index (χ2n) is 4.34. The maximum absolute atomic E-state index is 11.8. The van der Waals surface area contributed by atoms with E-state index in [1.165, 1.54) is 6.92 Å². The molecule has 96 valence electrons. The van der Waals surface area contributed by atoms with Crippen LogP contribution in [0.4, 0.5) is 10.5 Å². The SMILES string of the molecule is CC(=O)NCC1CN(c2ccccc2C)C(=O)O1. The third-order valence-corrected chi connectivity index (χ3v) is 2.86. The molecule has 5 nitrogen and oxygen atoms in total. The lowest BCUT2D eigenvalue weighted by atomic mass is 10.2. The van der Waals surface area contributed by atoms with E-state index in [0.29, 0.717) is 13.1 Å². The van der Waals surface area contributed by atoms with Crippen molar-refractivity contribution < 1.29 is 14.3 Å². The molecule has 1 aromatic carbocycles. The van der Waals surface area contributed by atoms with Crippen molar-refractivity contribution in [2.75, 3.05) is 18.0 Å². The summed E-state index contributed by atoms with van der Waals surface area (Å²) in [6.45, 7) is 4.20. The maximum Gasteiger partial charge on any atom is 0.414 e. The maximum atomic E-state index is 11.8. The van der Waals surface area contributed by atoms with Crippen LogP contribution in [0.5, 0.6) is 0 Å². The molecule has 1 N–H and O–H groups in total. The molecule has 1 atom stereocenters. The van der Waals surface area contributed by atoms with Crippen LogP contribution >= 0.6 is 0 Å². The molecule has 1 aliphatic rings. The molecule has 1 aromatic rings. The Morgan fingerprint density at radius 3 is 2.89 bits per heavy atom. The number of rotatable bonds is 3. The molecular weight excluding hydrogens is 232 g/mol. The molecule has 1 aliphatic heterocycles. The second kappa shape index (κ2) is 5.08. The van der Waals surface area contributed by atoms with Crippen molar-refractivity contribution >= 4 is 17.7 Å². The standard InChI is InChI=1S/C13H16N2O3/c1-9-5-3-4-6-12(9)15-8-11(18-13(15)17)7-14-10(2)16/h3-6,11H,7-8H2,1-2H3,(H,14,16). The molecule has 1 saturated heterocycles.